The Balaban J connectivity index is 1.70. The first-order valence-corrected chi connectivity index (χ1v) is 7.72. The number of rotatable bonds is 5. The van der Waals surface area contributed by atoms with Crippen molar-refractivity contribution >= 4 is 11.6 Å². The van der Waals surface area contributed by atoms with Crippen LogP contribution in [0.15, 0.2) is 60.8 Å². The quantitative estimate of drug-likeness (QED) is 0.779. The molecule has 1 heterocycles. The molecule has 0 atom stereocenters. The predicted molar refractivity (Wildman–Crippen MR) is 96.7 cm³/mol. The maximum Gasteiger partial charge on any atom is 0.203 e. The fourth-order valence-corrected chi connectivity index (χ4v) is 2.54. The molecule has 3 aromatic rings. The number of aromatic nitrogens is 2. The molecule has 23 heavy (non-hydrogen) atoms. The van der Waals surface area contributed by atoms with Gasteiger partial charge in [0.05, 0.1) is 11.9 Å². The normalized spacial score (nSPS) is 10.6. The van der Waals surface area contributed by atoms with Crippen molar-refractivity contribution in [3.8, 4) is 11.3 Å². The first kappa shape index (κ1) is 15.2. The van der Waals surface area contributed by atoms with E-state index < -0.39 is 0 Å². The van der Waals surface area contributed by atoms with Crippen molar-refractivity contribution in [2.45, 2.75) is 6.54 Å². The molecule has 0 bridgehead atoms. The molecule has 0 aliphatic rings. The molecule has 0 saturated heterocycles. The zero-order chi connectivity index (χ0) is 16.2. The fraction of sp³-hybridized carbons (Fsp3) is 0.211. The Morgan fingerprint density at radius 3 is 2.35 bits per heavy atom. The molecule has 1 aromatic heterocycles. The minimum atomic E-state index is 0.757. The van der Waals surface area contributed by atoms with Crippen molar-refractivity contribution in [3.63, 3.8) is 0 Å². The molecule has 4 nitrogen and oxygen atoms in total. The van der Waals surface area contributed by atoms with Crippen molar-refractivity contribution < 1.29 is 0 Å². The van der Waals surface area contributed by atoms with Gasteiger partial charge in [-0.3, -0.25) is 0 Å². The van der Waals surface area contributed by atoms with Crippen LogP contribution in [0.25, 0.3) is 11.3 Å². The minimum absolute atomic E-state index is 0.757. The van der Waals surface area contributed by atoms with Gasteiger partial charge in [-0.05, 0) is 23.3 Å². The average Bonchev–Trinajstić information content (AvgIpc) is 2.95. The van der Waals surface area contributed by atoms with Gasteiger partial charge >= 0.3 is 0 Å². The molecule has 3 rings (SSSR count). The summed E-state index contributed by atoms with van der Waals surface area (Å²) in [5.74, 6) is 0.875. The smallest absolute Gasteiger partial charge is 0.203 e. The third kappa shape index (κ3) is 3.37. The monoisotopic (exact) mass is 306 g/mol. The van der Waals surface area contributed by atoms with Crippen LogP contribution >= 0.6 is 0 Å². The highest BCUT2D eigenvalue weighted by Gasteiger charge is 2.07. The first-order chi connectivity index (χ1) is 11.1. The van der Waals surface area contributed by atoms with Crippen molar-refractivity contribution in [1.82, 2.24) is 9.55 Å². The van der Waals surface area contributed by atoms with Gasteiger partial charge in [0.1, 0.15) is 0 Å². The second-order valence-electron chi connectivity index (χ2n) is 5.81. The van der Waals surface area contributed by atoms with Gasteiger partial charge in [-0.1, -0.05) is 42.5 Å². The van der Waals surface area contributed by atoms with Crippen molar-refractivity contribution in [3.05, 3.63) is 66.4 Å². The number of nitrogens with zero attached hydrogens (tertiary/aromatic N) is 3. The molecule has 0 spiro atoms. The van der Waals surface area contributed by atoms with Gasteiger partial charge in [-0.15, -0.1) is 0 Å². The topological polar surface area (TPSA) is 33.1 Å². The molecule has 0 amide bonds. The van der Waals surface area contributed by atoms with Crippen LogP contribution in [0, 0.1) is 0 Å². The number of benzene rings is 2. The third-order valence-electron chi connectivity index (χ3n) is 3.96. The summed E-state index contributed by atoms with van der Waals surface area (Å²) in [5.41, 5.74) is 4.72. The van der Waals surface area contributed by atoms with Crippen LogP contribution in [0.4, 0.5) is 11.6 Å². The van der Waals surface area contributed by atoms with Gasteiger partial charge in [0.15, 0.2) is 0 Å². The van der Waals surface area contributed by atoms with Crippen LogP contribution in [-0.2, 0) is 13.6 Å². The summed E-state index contributed by atoms with van der Waals surface area (Å²) in [6, 6.07) is 18.9. The second kappa shape index (κ2) is 6.57. The summed E-state index contributed by atoms with van der Waals surface area (Å²) >= 11 is 0. The lowest BCUT2D eigenvalue weighted by atomic mass is 10.2. The highest BCUT2D eigenvalue weighted by Crippen LogP contribution is 2.22. The number of hydrogen-bond donors (Lipinski definition) is 1. The molecule has 0 aliphatic carbocycles. The van der Waals surface area contributed by atoms with Crippen molar-refractivity contribution in [1.29, 1.82) is 0 Å². The van der Waals surface area contributed by atoms with Crippen molar-refractivity contribution in [2.75, 3.05) is 24.3 Å². The van der Waals surface area contributed by atoms with E-state index in [0.29, 0.717) is 0 Å². The Hall–Kier alpha value is -2.75. The van der Waals surface area contributed by atoms with Gasteiger partial charge in [-0.25, -0.2) is 4.98 Å². The number of hydrogen-bond acceptors (Lipinski definition) is 3. The van der Waals surface area contributed by atoms with Crippen LogP contribution < -0.4 is 10.2 Å². The summed E-state index contributed by atoms with van der Waals surface area (Å²) in [4.78, 5) is 6.60. The van der Waals surface area contributed by atoms with E-state index in [4.69, 9.17) is 0 Å². The van der Waals surface area contributed by atoms with E-state index >= 15 is 0 Å². The molecule has 0 aliphatic heterocycles. The molecular weight excluding hydrogens is 284 g/mol. The minimum Gasteiger partial charge on any atom is -0.378 e. The number of anilines is 2. The number of nitrogens with one attached hydrogen (secondary N) is 1. The largest absolute Gasteiger partial charge is 0.378 e. The Morgan fingerprint density at radius 1 is 1.00 bits per heavy atom. The Labute approximate surface area is 137 Å². The average molecular weight is 306 g/mol. The third-order valence-corrected chi connectivity index (χ3v) is 3.96. The van der Waals surface area contributed by atoms with Gasteiger partial charge in [0.2, 0.25) is 5.95 Å². The lowest BCUT2D eigenvalue weighted by Crippen LogP contribution is -2.09. The van der Waals surface area contributed by atoms with Crippen molar-refractivity contribution in [2.24, 2.45) is 7.05 Å². The molecule has 1 N–H and O–H groups in total. The molecule has 0 saturated carbocycles. The number of imidazole rings is 1. The maximum absolute atomic E-state index is 4.50. The Kier molecular flexibility index (Phi) is 4.33. The van der Waals surface area contributed by atoms with Gasteiger partial charge in [-0.2, -0.15) is 0 Å². The lowest BCUT2D eigenvalue weighted by Gasteiger charge is -2.13. The van der Waals surface area contributed by atoms with Crippen LogP contribution in [0.3, 0.4) is 0 Å². The summed E-state index contributed by atoms with van der Waals surface area (Å²) < 4.78 is 2.09. The highest BCUT2D eigenvalue weighted by molar-refractivity contribution is 5.61. The second-order valence-corrected chi connectivity index (χ2v) is 5.81. The van der Waals surface area contributed by atoms with E-state index in [0.717, 1.165) is 18.2 Å². The van der Waals surface area contributed by atoms with Gasteiger partial charge in [0, 0.05) is 33.4 Å². The summed E-state index contributed by atoms with van der Waals surface area (Å²) in [6.45, 7) is 0.757. The predicted octanol–water partition coefficient (Wildman–Crippen LogP) is 3.77. The molecule has 2 aromatic carbocycles. The van der Waals surface area contributed by atoms with E-state index in [9.17, 15) is 0 Å². The Morgan fingerprint density at radius 2 is 1.70 bits per heavy atom. The van der Waals surface area contributed by atoms with Crippen LogP contribution in [0.2, 0.25) is 0 Å². The van der Waals surface area contributed by atoms with Gasteiger partial charge in [0.25, 0.3) is 0 Å². The molecule has 0 fully saturated rings. The van der Waals surface area contributed by atoms with Crippen LogP contribution in [0.1, 0.15) is 5.56 Å². The summed E-state index contributed by atoms with van der Waals surface area (Å²) in [6.07, 6.45) is 1.91. The molecular formula is C19H22N4. The maximum atomic E-state index is 4.50. The van der Waals surface area contributed by atoms with Crippen LogP contribution in [-0.4, -0.2) is 23.6 Å². The standard InChI is InChI=1S/C19H22N4/c1-22(2)17-11-9-15(10-12-17)13-20-19-21-14-18(23(19)3)16-7-5-4-6-8-16/h4-12,14H,13H2,1-3H3,(H,20,21). The molecule has 118 valence electrons. The highest BCUT2D eigenvalue weighted by atomic mass is 15.2. The van der Waals surface area contributed by atoms with Gasteiger partial charge < -0.3 is 14.8 Å². The van der Waals surface area contributed by atoms with Crippen LogP contribution in [0.5, 0.6) is 0 Å². The molecule has 0 unspecified atom stereocenters. The Bertz CT molecular complexity index is 758. The van der Waals surface area contributed by atoms with E-state index in [2.05, 4.69) is 56.2 Å². The van der Waals surface area contributed by atoms with E-state index in [1.165, 1.54) is 16.8 Å². The van der Waals surface area contributed by atoms with E-state index in [1.54, 1.807) is 0 Å². The summed E-state index contributed by atoms with van der Waals surface area (Å²) in [7, 11) is 6.13. The first-order valence-electron chi connectivity index (χ1n) is 7.72. The lowest BCUT2D eigenvalue weighted by molar-refractivity contribution is 0.906. The van der Waals surface area contributed by atoms with E-state index in [-0.39, 0.29) is 0 Å². The summed E-state index contributed by atoms with van der Waals surface area (Å²) in [5, 5.41) is 3.41. The fourth-order valence-electron chi connectivity index (χ4n) is 2.54. The zero-order valence-electron chi connectivity index (χ0n) is 13.8. The zero-order valence-corrected chi connectivity index (χ0v) is 13.8. The molecule has 0 radical (unpaired) electrons. The molecule has 4 heteroatoms. The SMILES string of the molecule is CN(C)c1ccc(CNc2ncc(-c3ccccc3)n2C)cc1. The van der Waals surface area contributed by atoms with E-state index in [1.807, 2.05) is 45.5 Å².